The van der Waals surface area contributed by atoms with E-state index >= 15 is 0 Å². The summed E-state index contributed by atoms with van der Waals surface area (Å²) in [6.07, 6.45) is 0.654. The molecule has 1 rings (SSSR count). The quantitative estimate of drug-likeness (QED) is 0.707. The zero-order chi connectivity index (χ0) is 15.9. The van der Waals surface area contributed by atoms with Gasteiger partial charge < -0.3 is 10.1 Å². The van der Waals surface area contributed by atoms with Crippen molar-refractivity contribution in [1.29, 1.82) is 0 Å². The Morgan fingerprint density at radius 2 is 1.86 bits per heavy atom. The number of methoxy groups -OCH3 is 1. The third-order valence-corrected chi connectivity index (χ3v) is 5.56. The molecule has 6 heteroatoms. The van der Waals surface area contributed by atoms with Gasteiger partial charge in [0.1, 0.15) is 5.75 Å². The Morgan fingerprint density at radius 3 is 2.38 bits per heavy atom. The van der Waals surface area contributed by atoms with Crippen LogP contribution in [0, 0.1) is 0 Å². The van der Waals surface area contributed by atoms with E-state index in [1.807, 2.05) is 26.8 Å². The number of hydrogen-bond acceptors (Lipinski definition) is 4. The first-order chi connectivity index (χ1) is 10.0. The van der Waals surface area contributed by atoms with Crippen LogP contribution in [-0.2, 0) is 16.4 Å². The third-order valence-electron chi connectivity index (χ3n) is 3.41. The largest absolute Gasteiger partial charge is 0.497 e. The first-order valence-electron chi connectivity index (χ1n) is 7.38. The minimum Gasteiger partial charge on any atom is -0.497 e. The molecule has 0 aromatic heterocycles. The van der Waals surface area contributed by atoms with Crippen molar-refractivity contribution in [3.05, 3.63) is 23.8 Å². The van der Waals surface area contributed by atoms with E-state index < -0.39 is 10.0 Å². The van der Waals surface area contributed by atoms with Gasteiger partial charge in [0.15, 0.2) is 0 Å². The van der Waals surface area contributed by atoms with Crippen molar-refractivity contribution >= 4 is 10.0 Å². The van der Waals surface area contributed by atoms with E-state index in [-0.39, 0.29) is 0 Å². The zero-order valence-corrected chi connectivity index (χ0v) is 14.2. The van der Waals surface area contributed by atoms with Gasteiger partial charge in [-0.2, -0.15) is 4.31 Å². The molecule has 0 aliphatic carbocycles. The van der Waals surface area contributed by atoms with Gasteiger partial charge in [0, 0.05) is 13.1 Å². The second-order valence-corrected chi connectivity index (χ2v) is 6.57. The maximum atomic E-state index is 12.7. The standard InChI is InChI=1S/C15H26N2O3S/c1-5-16-11-10-13-12-14(20-4)8-9-15(13)21(18,19)17(6-2)7-3/h8-9,12,16H,5-7,10-11H2,1-4H3. The van der Waals surface area contributed by atoms with Gasteiger partial charge in [-0.25, -0.2) is 8.42 Å². The van der Waals surface area contributed by atoms with Crippen molar-refractivity contribution in [1.82, 2.24) is 9.62 Å². The van der Waals surface area contributed by atoms with Crippen LogP contribution in [-0.4, -0.2) is 46.0 Å². The Morgan fingerprint density at radius 1 is 1.19 bits per heavy atom. The average molecular weight is 314 g/mol. The fraction of sp³-hybridized carbons (Fsp3) is 0.600. The molecule has 0 heterocycles. The van der Waals surface area contributed by atoms with Crippen LogP contribution in [0.3, 0.4) is 0 Å². The van der Waals surface area contributed by atoms with Gasteiger partial charge in [0.05, 0.1) is 12.0 Å². The molecule has 0 saturated heterocycles. The predicted octanol–water partition coefficient (Wildman–Crippen LogP) is 1.88. The van der Waals surface area contributed by atoms with Crippen LogP contribution in [0.2, 0.25) is 0 Å². The van der Waals surface area contributed by atoms with E-state index in [0.717, 1.165) is 18.7 Å². The van der Waals surface area contributed by atoms with Gasteiger partial charge >= 0.3 is 0 Å². The maximum absolute atomic E-state index is 12.7. The lowest BCUT2D eigenvalue weighted by molar-refractivity contribution is 0.413. The van der Waals surface area contributed by atoms with Gasteiger partial charge in [-0.1, -0.05) is 20.8 Å². The molecule has 1 N–H and O–H groups in total. The van der Waals surface area contributed by atoms with Crippen molar-refractivity contribution in [2.75, 3.05) is 33.3 Å². The number of nitrogens with zero attached hydrogens (tertiary/aromatic N) is 1. The minimum atomic E-state index is -3.44. The van der Waals surface area contributed by atoms with Crippen molar-refractivity contribution in [3.8, 4) is 5.75 Å². The fourth-order valence-corrected chi connectivity index (χ4v) is 3.92. The van der Waals surface area contributed by atoms with Crippen molar-refractivity contribution < 1.29 is 13.2 Å². The first-order valence-corrected chi connectivity index (χ1v) is 8.82. The summed E-state index contributed by atoms with van der Waals surface area (Å²) in [5, 5.41) is 3.22. The highest BCUT2D eigenvalue weighted by molar-refractivity contribution is 7.89. The normalized spacial score (nSPS) is 11.9. The van der Waals surface area contributed by atoms with Crippen molar-refractivity contribution in [2.24, 2.45) is 0 Å². The second-order valence-electron chi connectivity index (χ2n) is 4.67. The Hall–Kier alpha value is -1.11. The predicted molar refractivity (Wildman–Crippen MR) is 85.3 cm³/mol. The molecule has 0 bridgehead atoms. The summed E-state index contributed by atoms with van der Waals surface area (Å²) in [6.45, 7) is 8.27. The number of likely N-dealkylation sites (N-methyl/N-ethyl adjacent to an activating group) is 1. The van der Waals surface area contributed by atoms with Crippen LogP contribution in [0.25, 0.3) is 0 Å². The second kappa shape index (κ2) is 8.36. The first kappa shape index (κ1) is 17.9. The molecule has 1 aromatic rings. The van der Waals surface area contributed by atoms with Crippen LogP contribution in [0.4, 0.5) is 0 Å². The number of ether oxygens (including phenoxy) is 1. The van der Waals surface area contributed by atoms with Gasteiger partial charge in [-0.3, -0.25) is 0 Å². The van der Waals surface area contributed by atoms with Crippen LogP contribution in [0.1, 0.15) is 26.3 Å². The van der Waals surface area contributed by atoms with E-state index in [0.29, 0.717) is 30.2 Å². The zero-order valence-electron chi connectivity index (χ0n) is 13.3. The summed E-state index contributed by atoms with van der Waals surface area (Å²) in [5.74, 6) is 0.681. The minimum absolute atomic E-state index is 0.380. The van der Waals surface area contributed by atoms with E-state index in [4.69, 9.17) is 4.74 Å². The molecule has 0 aliphatic heterocycles. The lowest BCUT2D eigenvalue weighted by atomic mass is 10.1. The maximum Gasteiger partial charge on any atom is 0.243 e. The molecule has 1 aromatic carbocycles. The van der Waals surface area contributed by atoms with Gasteiger partial charge in [-0.15, -0.1) is 0 Å². The molecule has 120 valence electrons. The molecule has 0 radical (unpaired) electrons. The monoisotopic (exact) mass is 314 g/mol. The summed E-state index contributed by atoms with van der Waals surface area (Å²) >= 11 is 0. The van der Waals surface area contributed by atoms with Gasteiger partial charge in [0.25, 0.3) is 0 Å². The van der Waals surface area contributed by atoms with E-state index in [1.54, 1.807) is 19.2 Å². The summed E-state index contributed by atoms with van der Waals surface area (Å²) in [4.78, 5) is 0.380. The van der Waals surface area contributed by atoms with Crippen molar-refractivity contribution in [3.63, 3.8) is 0 Å². The average Bonchev–Trinajstić information content (AvgIpc) is 2.48. The number of nitrogens with one attached hydrogen (secondary N) is 1. The lowest BCUT2D eigenvalue weighted by Gasteiger charge is -2.21. The van der Waals surface area contributed by atoms with Gasteiger partial charge in [-0.05, 0) is 43.3 Å². The number of rotatable bonds is 9. The number of benzene rings is 1. The molecule has 0 spiro atoms. The molecule has 5 nitrogen and oxygen atoms in total. The highest BCUT2D eigenvalue weighted by atomic mass is 32.2. The van der Waals surface area contributed by atoms with Crippen molar-refractivity contribution in [2.45, 2.75) is 32.1 Å². The Balaban J connectivity index is 3.20. The highest BCUT2D eigenvalue weighted by Crippen LogP contribution is 2.25. The highest BCUT2D eigenvalue weighted by Gasteiger charge is 2.24. The van der Waals surface area contributed by atoms with Crippen LogP contribution in [0.5, 0.6) is 5.75 Å². The molecule has 0 fully saturated rings. The van der Waals surface area contributed by atoms with Crippen LogP contribution < -0.4 is 10.1 Å². The summed E-state index contributed by atoms with van der Waals surface area (Å²) in [6, 6.07) is 5.16. The Kier molecular flexibility index (Phi) is 7.14. The number of sulfonamides is 1. The third kappa shape index (κ3) is 4.43. The molecule has 0 unspecified atom stereocenters. The topological polar surface area (TPSA) is 58.6 Å². The smallest absolute Gasteiger partial charge is 0.243 e. The van der Waals surface area contributed by atoms with Crippen LogP contribution in [0.15, 0.2) is 23.1 Å². The Bertz CT molecular complexity index is 540. The van der Waals surface area contributed by atoms with Gasteiger partial charge in [0.2, 0.25) is 10.0 Å². The lowest BCUT2D eigenvalue weighted by Crippen LogP contribution is -2.31. The molecule has 0 aliphatic rings. The van der Waals surface area contributed by atoms with E-state index in [9.17, 15) is 8.42 Å². The molecule has 0 saturated carbocycles. The molecular weight excluding hydrogens is 288 g/mol. The molecule has 0 atom stereocenters. The Labute approximate surface area is 128 Å². The summed E-state index contributed by atoms with van der Waals surface area (Å²) in [7, 11) is -1.86. The number of hydrogen-bond donors (Lipinski definition) is 1. The molecule has 21 heavy (non-hydrogen) atoms. The molecular formula is C15H26N2O3S. The fourth-order valence-electron chi connectivity index (χ4n) is 2.23. The summed E-state index contributed by atoms with van der Waals surface area (Å²) < 4.78 is 32.1. The molecule has 0 amide bonds. The van der Waals surface area contributed by atoms with Crippen LogP contribution >= 0.6 is 0 Å². The summed E-state index contributed by atoms with van der Waals surface area (Å²) in [5.41, 5.74) is 0.794. The van der Waals surface area contributed by atoms with E-state index in [2.05, 4.69) is 5.32 Å². The SMILES string of the molecule is CCNCCc1cc(OC)ccc1S(=O)(=O)N(CC)CC. The van der Waals surface area contributed by atoms with E-state index in [1.165, 1.54) is 4.31 Å².